The first-order valence-electron chi connectivity index (χ1n) is 28.1. The number of hydrogen-bond acceptors (Lipinski definition) is 6. The lowest BCUT2D eigenvalue weighted by Gasteiger charge is -2.39. The Morgan fingerprint density at radius 3 is 0.772 bits per heavy atom. The molecule has 0 radical (unpaired) electrons. The normalized spacial score (nSPS) is 12.5. The van der Waals surface area contributed by atoms with Crippen molar-refractivity contribution in [2.24, 2.45) is 0 Å². The molecule has 9 heteroatoms. The van der Waals surface area contributed by atoms with Crippen molar-refractivity contribution in [1.82, 2.24) is 16.0 Å². The zero-order valence-corrected chi connectivity index (χ0v) is 50.9. The fourth-order valence-corrected chi connectivity index (χ4v) is 9.70. The summed E-state index contributed by atoms with van der Waals surface area (Å²) < 4.78 is 21.3. The van der Waals surface area contributed by atoms with E-state index in [1.54, 1.807) is 0 Å². The van der Waals surface area contributed by atoms with Gasteiger partial charge in [-0.05, 0) is 101 Å². The third-order valence-corrected chi connectivity index (χ3v) is 14.4. The predicted octanol–water partition coefficient (Wildman–Crippen LogP) is 14.7. The largest absolute Gasteiger partial charge is 0.483 e. The molecule has 3 N–H and O–H groups in total. The molecule has 0 bridgehead atoms. The van der Waals surface area contributed by atoms with Gasteiger partial charge in [0.25, 0.3) is 17.7 Å². The molecule has 0 atom stereocenters. The zero-order valence-electron chi connectivity index (χ0n) is 50.9. The first-order chi connectivity index (χ1) is 36.7. The van der Waals surface area contributed by atoms with Crippen LogP contribution < -0.4 is 30.2 Å². The molecule has 9 nitrogen and oxygen atoms in total. The Hall–Kier alpha value is -6.87. The molecule has 0 heterocycles. The van der Waals surface area contributed by atoms with Gasteiger partial charge in [-0.1, -0.05) is 234 Å². The maximum absolute atomic E-state index is 14.2. The average Bonchev–Trinajstić information content (AvgIpc) is 3.56. The Labute approximate surface area is 474 Å². The van der Waals surface area contributed by atoms with Crippen molar-refractivity contribution in [2.45, 2.75) is 183 Å². The van der Waals surface area contributed by atoms with Crippen molar-refractivity contribution in [2.75, 3.05) is 19.8 Å². The van der Waals surface area contributed by atoms with Crippen molar-refractivity contribution in [3.05, 3.63) is 194 Å². The van der Waals surface area contributed by atoms with E-state index in [9.17, 15) is 14.4 Å². The summed E-state index contributed by atoms with van der Waals surface area (Å²) in [6.45, 7) is 39.9. The van der Waals surface area contributed by atoms with Crippen LogP contribution in [-0.4, -0.2) is 37.5 Å². The van der Waals surface area contributed by atoms with Gasteiger partial charge in [-0.15, -0.1) is 0 Å². The van der Waals surface area contributed by atoms with Crippen molar-refractivity contribution in [3.8, 4) is 17.2 Å². The Morgan fingerprint density at radius 2 is 0.570 bits per heavy atom. The minimum atomic E-state index is -0.748. The molecule has 6 rings (SSSR count). The van der Waals surface area contributed by atoms with Gasteiger partial charge < -0.3 is 30.2 Å². The van der Waals surface area contributed by atoms with Gasteiger partial charge in [-0.25, -0.2) is 0 Å². The Morgan fingerprint density at radius 1 is 0.342 bits per heavy atom. The molecule has 0 aromatic heterocycles. The molecule has 0 saturated carbocycles. The Kier molecular flexibility index (Phi) is 19.1. The fourth-order valence-electron chi connectivity index (χ4n) is 9.70. The van der Waals surface area contributed by atoms with E-state index in [2.05, 4.69) is 177 Å². The molecule has 79 heavy (non-hydrogen) atoms. The number of carbonyl (C=O) groups is 3. The molecule has 422 valence electrons. The molecule has 0 saturated heterocycles. The number of hydrogen-bond donors (Lipinski definition) is 3. The van der Waals surface area contributed by atoms with Crippen LogP contribution in [0, 0.1) is 0 Å². The van der Waals surface area contributed by atoms with Crippen LogP contribution in [0.2, 0.25) is 0 Å². The molecule has 0 spiro atoms. The van der Waals surface area contributed by atoms with Gasteiger partial charge in [-0.3, -0.25) is 14.4 Å². The summed E-state index contributed by atoms with van der Waals surface area (Å²) in [5, 5.41) is 9.31. The minimum absolute atomic E-state index is 0.260. The number of nitrogens with one attached hydrogen (secondary N) is 3. The standard InChI is InChI=1S/C70H91N3O6/c1-65(2,3)49-34-52(68(10,11)12)61(55(37-49)77-43-58(74)71-40-46-28-22-19-23-29-46)64(62-53(69(13,14)15)35-50(66(4,5)6)38-56(62)78-44-59(75)72-41-47-30-24-20-25-31-47)63-54(70(16,17)18)36-51(67(7,8)9)39-57(63)79-45-60(76)73-42-48-32-26-21-27-33-48/h19-39,64H,40-45H2,1-18H3,(H,71,74)(H,72,75)(H,73,76). The van der Waals surface area contributed by atoms with Crippen molar-refractivity contribution < 1.29 is 28.6 Å². The fraction of sp³-hybridized carbons (Fsp3) is 0.443. The number of ether oxygens (including phenoxy) is 3. The van der Waals surface area contributed by atoms with E-state index < -0.39 is 22.2 Å². The highest BCUT2D eigenvalue weighted by Gasteiger charge is 2.41. The number of benzene rings is 6. The van der Waals surface area contributed by atoms with E-state index in [1.165, 1.54) is 0 Å². The average molecular weight is 1070 g/mol. The summed E-state index contributed by atoms with van der Waals surface area (Å²) in [5.74, 6) is 0.0588. The predicted molar refractivity (Wildman–Crippen MR) is 324 cm³/mol. The smallest absolute Gasteiger partial charge is 0.258 e. The lowest BCUT2D eigenvalue weighted by Crippen LogP contribution is -2.31. The molecular weight excluding hydrogens is 979 g/mol. The summed E-state index contributed by atoms with van der Waals surface area (Å²) >= 11 is 0. The summed E-state index contributed by atoms with van der Waals surface area (Å²) in [6.07, 6.45) is 0. The van der Waals surface area contributed by atoms with Gasteiger partial charge in [-0.2, -0.15) is 0 Å². The second-order valence-corrected chi connectivity index (χ2v) is 27.4. The van der Waals surface area contributed by atoms with Gasteiger partial charge >= 0.3 is 0 Å². The SMILES string of the molecule is CC(C)(C)c1cc(OCC(=O)NCc2ccccc2)c(C(c2c(OCC(=O)NCc3ccccc3)cc(C(C)(C)C)cc2C(C)(C)C)c2c(OCC(=O)NCc3ccccc3)cc(C(C)(C)C)cc2C(C)(C)C)c(C(C)(C)C)c1. The highest BCUT2D eigenvalue weighted by atomic mass is 16.5. The van der Waals surface area contributed by atoms with Crippen LogP contribution in [0.4, 0.5) is 0 Å². The van der Waals surface area contributed by atoms with Crippen molar-refractivity contribution in [3.63, 3.8) is 0 Å². The number of amides is 3. The second-order valence-electron chi connectivity index (χ2n) is 27.4. The lowest BCUT2D eigenvalue weighted by molar-refractivity contribution is -0.124. The third-order valence-electron chi connectivity index (χ3n) is 14.4. The number of carbonyl (C=O) groups excluding carboxylic acids is 3. The highest BCUT2D eigenvalue weighted by molar-refractivity contribution is 5.79. The first kappa shape index (κ1) is 61.3. The quantitative estimate of drug-likeness (QED) is 0.0739. The van der Waals surface area contributed by atoms with E-state index in [4.69, 9.17) is 14.2 Å². The van der Waals surface area contributed by atoms with Gasteiger partial charge in [0.2, 0.25) is 0 Å². The van der Waals surface area contributed by atoms with Crippen LogP contribution in [0.15, 0.2) is 127 Å². The summed E-state index contributed by atoms with van der Waals surface area (Å²) in [4.78, 5) is 42.5. The molecule has 6 aromatic carbocycles. The monoisotopic (exact) mass is 1070 g/mol. The molecule has 3 amide bonds. The van der Waals surface area contributed by atoms with E-state index in [-0.39, 0.29) is 53.8 Å². The van der Waals surface area contributed by atoms with Crippen LogP contribution in [0.1, 0.15) is 197 Å². The summed E-state index contributed by atoms with van der Waals surface area (Å²) in [5.41, 5.74) is 9.00. The van der Waals surface area contributed by atoms with E-state index in [0.29, 0.717) is 36.9 Å². The van der Waals surface area contributed by atoms with E-state index >= 15 is 0 Å². The lowest BCUT2D eigenvalue weighted by atomic mass is 9.66. The van der Waals surface area contributed by atoms with Crippen LogP contribution in [-0.2, 0) is 66.5 Å². The highest BCUT2D eigenvalue weighted by Crippen LogP contribution is 2.55. The molecule has 0 unspecified atom stereocenters. The van der Waals surface area contributed by atoms with Crippen LogP contribution in [0.3, 0.4) is 0 Å². The number of rotatable bonds is 18. The molecule has 6 aromatic rings. The van der Waals surface area contributed by atoms with E-state index in [1.807, 2.05) is 91.0 Å². The Bertz CT molecular complexity index is 2720. The Balaban J connectivity index is 1.76. The zero-order chi connectivity index (χ0) is 58.3. The van der Waals surface area contributed by atoms with E-state index in [0.717, 1.165) is 66.8 Å². The van der Waals surface area contributed by atoms with Crippen molar-refractivity contribution >= 4 is 17.7 Å². The van der Waals surface area contributed by atoms with Crippen LogP contribution >= 0.6 is 0 Å². The van der Waals surface area contributed by atoms with Crippen molar-refractivity contribution in [1.29, 1.82) is 0 Å². The third kappa shape index (κ3) is 16.6. The summed E-state index contributed by atoms with van der Waals surface area (Å²) in [6, 6.07) is 42.8. The second kappa shape index (κ2) is 24.7. The van der Waals surface area contributed by atoms with Crippen LogP contribution in [0.25, 0.3) is 0 Å². The van der Waals surface area contributed by atoms with Crippen LogP contribution in [0.5, 0.6) is 17.2 Å². The first-order valence-corrected chi connectivity index (χ1v) is 28.1. The maximum Gasteiger partial charge on any atom is 0.258 e. The van der Waals surface area contributed by atoms with Gasteiger partial charge in [0.05, 0.1) is 0 Å². The van der Waals surface area contributed by atoms with Gasteiger partial charge in [0.1, 0.15) is 17.2 Å². The molecule has 0 fully saturated rings. The van der Waals surface area contributed by atoms with Gasteiger partial charge in [0, 0.05) is 42.2 Å². The maximum atomic E-state index is 14.2. The van der Waals surface area contributed by atoms with Gasteiger partial charge in [0.15, 0.2) is 19.8 Å². The molecule has 0 aliphatic rings. The molecule has 0 aliphatic carbocycles. The minimum Gasteiger partial charge on any atom is -0.483 e. The molecular formula is C70H91N3O6. The molecule has 0 aliphatic heterocycles. The topological polar surface area (TPSA) is 115 Å². The summed E-state index contributed by atoms with van der Waals surface area (Å²) in [7, 11) is 0.